The number of anilines is 1. The molecule has 0 saturated heterocycles. The largest absolute Gasteiger partial charge is 0.491 e. The minimum Gasteiger partial charge on any atom is -0.491 e. The predicted octanol–water partition coefficient (Wildman–Crippen LogP) is 1.77. The molecule has 18 heavy (non-hydrogen) atoms. The smallest absolute Gasteiger partial charge is 0.247 e. The number of nitrogens with one attached hydrogen (secondary N) is 1. The van der Waals surface area contributed by atoms with Crippen molar-refractivity contribution in [3.63, 3.8) is 0 Å². The molecule has 6 nitrogen and oxygen atoms in total. The summed E-state index contributed by atoms with van der Waals surface area (Å²) >= 11 is 0. The van der Waals surface area contributed by atoms with E-state index in [0.717, 1.165) is 5.56 Å². The zero-order valence-corrected chi connectivity index (χ0v) is 9.77. The van der Waals surface area contributed by atoms with Gasteiger partial charge in [0.15, 0.2) is 0 Å². The number of benzene rings is 1. The number of nitrogens with zero attached hydrogens (tertiary/aromatic N) is 2. The third-order valence-corrected chi connectivity index (χ3v) is 2.61. The van der Waals surface area contributed by atoms with E-state index in [1.165, 1.54) is 0 Å². The van der Waals surface area contributed by atoms with Crippen molar-refractivity contribution >= 4 is 11.6 Å². The summed E-state index contributed by atoms with van der Waals surface area (Å²) in [6.45, 7) is 2.11. The number of rotatable bonds is 1. The van der Waals surface area contributed by atoms with Crippen molar-refractivity contribution in [1.29, 1.82) is 0 Å². The average molecular weight is 245 g/mol. The molecule has 0 saturated carbocycles. The molecule has 1 aliphatic heterocycles. The summed E-state index contributed by atoms with van der Waals surface area (Å²) < 4.78 is 10.8. The molecule has 1 aromatic carbocycles. The molecule has 0 radical (unpaired) electrons. The number of ether oxygens (including phenoxy) is 1. The van der Waals surface area contributed by atoms with Crippen LogP contribution in [0.2, 0.25) is 0 Å². The maximum atomic E-state index is 11.5. The van der Waals surface area contributed by atoms with Crippen LogP contribution in [0.5, 0.6) is 5.75 Å². The Hall–Kier alpha value is -2.37. The van der Waals surface area contributed by atoms with E-state index < -0.39 is 0 Å². The van der Waals surface area contributed by atoms with E-state index in [2.05, 4.69) is 15.5 Å². The highest BCUT2D eigenvalue weighted by Gasteiger charge is 2.16. The SMILES string of the molecule is Cc1nnc(-c2ccc3c(c2)NC(=O)CCO3)o1. The van der Waals surface area contributed by atoms with E-state index in [1.54, 1.807) is 19.1 Å². The number of carbonyl (C=O) groups is 1. The van der Waals surface area contributed by atoms with E-state index in [4.69, 9.17) is 9.15 Å². The van der Waals surface area contributed by atoms with E-state index in [9.17, 15) is 4.79 Å². The number of carbonyl (C=O) groups excluding carboxylic acids is 1. The topological polar surface area (TPSA) is 77.2 Å². The van der Waals surface area contributed by atoms with Crippen LogP contribution in [0.3, 0.4) is 0 Å². The summed E-state index contributed by atoms with van der Waals surface area (Å²) in [6.07, 6.45) is 0.351. The third kappa shape index (κ3) is 1.92. The molecule has 2 aromatic rings. The second kappa shape index (κ2) is 4.14. The Labute approximate surface area is 103 Å². The van der Waals surface area contributed by atoms with E-state index in [-0.39, 0.29) is 5.91 Å². The van der Waals surface area contributed by atoms with E-state index in [0.29, 0.717) is 36.2 Å². The molecule has 6 heteroatoms. The predicted molar refractivity (Wildman–Crippen MR) is 63.2 cm³/mol. The number of amides is 1. The van der Waals surface area contributed by atoms with Gasteiger partial charge in [-0.15, -0.1) is 10.2 Å². The number of aryl methyl sites for hydroxylation is 1. The summed E-state index contributed by atoms with van der Waals surface area (Å²) in [4.78, 5) is 11.5. The number of aromatic nitrogens is 2. The first-order valence-electron chi connectivity index (χ1n) is 5.59. The van der Waals surface area contributed by atoms with Gasteiger partial charge in [-0.25, -0.2) is 0 Å². The summed E-state index contributed by atoms with van der Waals surface area (Å²) in [5, 5.41) is 10.5. The van der Waals surface area contributed by atoms with Crippen LogP contribution in [0.1, 0.15) is 12.3 Å². The molecule has 1 amide bonds. The minimum absolute atomic E-state index is 0.0624. The monoisotopic (exact) mass is 245 g/mol. The van der Waals surface area contributed by atoms with Gasteiger partial charge in [-0.05, 0) is 18.2 Å². The van der Waals surface area contributed by atoms with Crippen LogP contribution in [0.25, 0.3) is 11.5 Å². The van der Waals surface area contributed by atoms with Gasteiger partial charge >= 0.3 is 0 Å². The molecule has 0 spiro atoms. The maximum Gasteiger partial charge on any atom is 0.247 e. The molecular formula is C12H11N3O3. The molecule has 1 aromatic heterocycles. The van der Waals surface area contributed by atoms with Gasteiger partial charge in [0.05, 0.1) is 18.7 Å². The van der Waals surface area contributed by atoms with Gasteiger partial charge in [0.1, 0.15) is 5.75 Å². The summed E-state index contributed by atoms with van der Waals surface area (Å²) in [7, 11) is 0. The Morgan fingerprint density at radius 3 is 3.00 bits per heavy atom. The van der Waals surface area contributed by atoms with Gasteiger partial charge in [-0.1, -0.05) is 0 Å². The fraction of sp³-hybridized carbons (Fsp3) is 0.250. The van der Waals surface area contributed by atoms with Crippen LogP contribution in [-0.4, -0.2) is 22.7 Å². The molecule has 0 bridgehead atoms. The molecule has 2 heterocycles. The molecule has 0 fully saturated rings. The van der Waals surface area contributed by atoms with Crippen LogP contribution < -0.4 is 10.1 Å². The molecule has 1 N–H and O–H groups in total. The van der Waals surface area contributed by atoms with Crippen molar-refractivity contribution in [3.05, 3.63) is 24.1 Å². The van der Waals surface area contributed by atoms with Crippen molar-refractivity contribution in [3.8, 4) is 17.2 Å². The highest BCUT2D eigenvalue weighted by molar-refractivity contribution is 5.93. The summed E-state index contributed by atoms with van der Waals surface area (Å²) in [5.74, 6) is 1.52. The average Bonchev–Trinajstić information content (AvgIpc) is 2.69. The van der Waals surface area contributed by atoms with Crippen LogP contribution in [0.15, 0.2) is 22.6 Å². The lowest BCUT2D eigenvalue weighted by Gasteiger charge is -2.07. The Balaban J connectivity index is 2.02. The molecule has 0 unspecified atom stereocenters. The first-order valence-corrected chi connectivity index (χ1v) is 5.59. The first-order chi connectivity index (χ1) is 8.72. The van der Waals surface area contributed by atoms with Crippen molar-refractivity contribution < 1.29 is 13.9 Å². The van der Waals surface area contributed by atoms with Crippen molar-refractivity contribution in [1.82, 2.24) is 10.2 Å². The highest BCUT2D eigenvalue weighted by Crippen LogP contribution is 2.31. The van der Waals surface area contributed by atoms with Crippen LogP contribution in [0, 0.1) is 6.92 Å². The minimum atomic E-state index is -0.0624. The molecule has 92 valence electrons. The number of fused-ring (bicyclic) bond motifs is 1. The van der Waals surface area contributed by atoms with Gasteiger partial charge in [-0.2, -0.15) is 0 Å². The standard InChI is InChI=1S/C12H11N3O3/c1-7-14-15-12(18-7)8-2-3-10-9(6-8)13-11(16)4-5-17-10/h2-3,6H,4-5H2,1H3,(H,13,16). The molecule has 0 atom stereocenters. The fourth-order valence-corrected chi connectivity index (χ4v) is 1.77. The molecule has 1 aliphatic rings. The maximum absolute atomic E-state index is 11.5. The highest BCUT2D eigenvalue weighted by atomic mass is 16.5. The molecular weight excluding hydrogens is 234 g/mol. The number of hydrogen-bond donors (Lipinski definition) is 1. The summed E-state index contributed by atoms with van der Waals surface area (Å²) in [6, 6.07) is 5.38. The Bertz CT molecular complexity index is 606. The van der Waals surface area contributed by atoms with E-state index >= 15 is 0 Å². The van der Waals surface area contributed by atoms with Gasteiger partial charge in [-0.3, -0.25) is 4.79 Å². The van der Waals surface area contributed by atoms with Crippen molar-refractivity contribution in [2.24, 2.45) is 0 Å². The third-order valence-electron chi connectivity index (χ3n) is 2.61. The second-order valence-corrected chi connectivity index (χ2v) is 3.98. The molecule has 3 rings (SSSR count). The lowest BCUT2D eigenvalue weighted by atomic mass is 10.2. The second-order valence-electron chi connectivity index (χ2n) is 3.98. The zero-order valence-electron chi connectivity index (χ0n) is 9.77. The Kier molecular flexibility index (Phi) is 2.47. The van der Waals surface area contributed by atoms with Gasteiger partial charge in [0, 0.05) is 12.5 Å². The van der Waals surface area contributed by atoms with Gasteiger partial charge < -0.3 is 14.5 Å². The van der Waals surface area contributed by atoms with Crippen molar-refractivity contribution in [2.45, 2.75) is 13.3 Å². The molecule has 0 aliphatic carbocycles. The van der Waals surface area contributed by atoms with Crippen LogP contribution in [0.4, 0.5) is 5.69 Å². The number of hydrogen-bond acceptors (Lipinski definition) is 5. The normalized spacial score (nSPS) is 14.4. The van der Waals surface area contributed by atoms with Gasteiger partial charge in [0.2, 0.25) is 17.7 Å². The fourth-order valence-electron chi connectivity index (χ4n) is 1.77. The van der Waals surface area contributed by atoms with Crippen molar-refractivity contribution in [2.75, 3.05) is 11.9 Å². The van der Waals surface area contributed by atoms with Crippen LogP contribution in [-0.2, 0) is 4.79 Å². The zero-order chi connectivity index (χ0) is 12.5. The lowest BCUT2D eigenvalue weighted by Crippen LogP contribution is -2.10. The van der Waals surface area contributed by atoms with E-state index in [1.807, 2.05) is 6.07 Å². The Morgan fingerprint density at radius 1 is 1.33 bits per heavy atom. The van der Waals surface area contributed by atoms with Crippen LogP contribution >= 0.6 is 0 Å². The quantitative estimate of drug-likeness (QED) is 0.828. The summed E-state index contributed by atoms with van der Waals surface area (Å²) in [5.41, 5.74) is 1.38. The Morgan fingerprint density at radius 2 is 2.22 bits per heavy atom. The van der Waals surface area contributed by atoms with Gasteiger partial charge in [0.25, 0.3) is 0 Å². The lowest BCUT2D eigenvalue weighted by molar-refractivity contribution is -0.116. The first kappa shape index (κ1) is 10.8.